The zero-order valence-corrected chi connectivity index (χ0v) is 10.0. The summed E-state index contributed by atoms with van der Waals surface area (Å²) in [5, 5.41) is 11.5. The third-order valence-corrected chi connectivity index (χ3v) is 3.22. The Labute approximate surface area is 98.6 Å². The van der Waals surface area contributed by atoms with Gasteiger partial charge < -0.3 is 15.3 Å². The van der Waals surface area contributed by atoms with E-state index in [4.69, 9.17) is 11.5 Å². The zero-order valence-electron chi connectivity index (χ0n) is 9.19. The molecule has 16 heavy (non-hydrogen) atoms. The summed E-state index contributed by atoms with van der Waals surface area (Å²) in [5.41, 5.74) is -0.770. The first-order valence-corrected chi connectivity index (χ1v) is 5.90. The summed E-state index contributed by atoms with van der Waals surface area (Å²) in [6.07, 6.45) is 5.24. The molecule has 0 aromatic carbocycles. The van der Waals surface area contributed by atoms with Crippen molar-refractivity contribution in [3.8, 4) is 12.3 Å². The third-order valence-electron chi connectivity index (χ3n) is 2.21. The van der Waals surface area contributed by atoms with Crippen LogP contribution in [0.5, 0.6) is 0 Å². The Hall–Kier alpha value is -1.35. The molecule has 0 saturated carbocycles. The summed E-state index contributed by atoms with van der Waals surface area (Å²) >= 11 is 1.41. The lowest BCUT2D eigenvalue weighted by molar-refractivity contribution is -0.140. The molecule has 0 aliphatic carbocycles. The quantitative estimate of drug-likeness (QED) is 0.694. The molecule has 1 unspecified atom stereocenters. The summed E-state index contributed by atoms with van der Waals surface area (Å²) in [4.78, 5) is 23.9. The van der Waals surface area contributed by atoms with E-state index in [-0.39, 0.29) is 0 Å². The maximum atomic E-state index is 11.8. The van der Waals surface area contributed by atoms with Gasteiger partial charge in [0.25, 0.3) is 0 Å². The van der Waals surface area contributed by atoms with Crippen LogP contribution < -0.4 is 5.32 Å². The van der Waals surface area contributed by atoms with Gasteiger partial charge in [-0.3, -0.25) is 0 Å². The Morgan fingerprint density at radius 3 is 2.75 bits per heavy atom. The number of urea groups is 1. The number of carboxylic acids is 1. The van der Waals surface area contributed by atoms with Gasteiger partial charge in [-0.25, -0.2) is 9.59 Å². The van der Waals surface area contributed by atoms with Crippen LogP contribution in [0.3, 0.4) is 0 Å². The van der Waals surface area contributed by atoms with Crippen molar-refractivity contribution >= 4 is 23.8 Å². The molecule has 0 radical (unpaired) electrons. The predicted octanol–water partition coefficient (Wildman–Crippen LogP) is 0.567. The first kappa shape index (κ1) is 12.7. The van der Waals surface area contributed by atoms with E-state index >= 15 is 0 Å². The maximum Gasteiger partial charge on any atom is 0.327 e. The molecule has 2 amide bonds. The number of terminal acetylenes is 1. The second kappa shape index (κ2) is 4.66. The summed E-state index contributed by atoms with van der Waals surface area (Å²) in [7, 11) is 0. The number of hydrogen-bond acceptors (Lipinski definition) is 3. The number of aliphatic carboxylic acids is 1. The van der Waals surface area contributed by atoms with Crippen LogP contribution in [0, 0.1) is 12.3 Å². The fraction of sp³-hybridized carbons (Fsp3) is 0.600. The van der Waals surface area contributed by atoms with Crippen molar-refractivity contribution in [2.24, 2.45) is 0 Å². The zero-order chi connectivity index (χ0) is 12.3. The van der Waals surface area contributed by atoms with E-state index in [1.54, 1.807) is 13.8 Å². The monoisotopic (exact) mass is 242 g/mol. The molecule has 5 nitrogen and oxygen atoms in total. The van der Waals surface area contributed by atoms with Crippen molar-refractivity contribution in [2.45, 2.75) is 25.4 Å². The summed E-state index contributed by atoms with van der Waals surface area (Å²) < 4.78 is 0. The topological polar surface area (TPSA) is 69.6 Å². The number of carboxylic acid groups (broad SMARTS) is 1. The Kier molecular flexibility index (Phi) is 3.70. The molecule has 1 aliphatic rings. The highest BCUT2D eigenvalue weighted by Gasteiger charge is 2.35. The van der Waals surface area contributed by atoms with Gasteiger partial charge in [-0.15, -0.1) is 18.2 Å². The Morgan fingerprint density at radius 2 is 2.25 bits per heavy atom. The number of thioether (sulfide) groups is 1. The van der Waals surface area contributed by atoms with Crippen LogP contribution in [0.1, 0.15) is 13.8 Å². The predicted molar refractivity (Wildman–Crippen MR) is 62.0 cm³/mol. The van der Waals surface area contributed by atoms with E-state index in [1.165, 1.54) is 16.7 Å². The van der Waals surface area contributed by atoms with Gasteiger partial charge in [-0.1, -0.05) is 5.92 Å². The van der Waals surface area contributed by atoms with Crippen LogP contribution in [-0.2, 0) is 4.79 Å². The van der Waals surface area contributed by atoms with Crippen LogP contribution in [0.4, 0.5) is 4.79 Å². The fourth-order valence-corrected chi connectivity index (χ4v) is 2.37. The average molecular weight is 242 g/mol. The van der Waals surface area contributed by atoms with E-state index in [0.717, 1.165) is 0 Å². The van der Waals surface area contributed by atoms with Crippen molar-refractivity contribution in [3.05, 3.63) is 0 Å². The highest BCUT2D eigenvalue weighted by Crippen LogP contribution is 2.21. The van der Waals surface area contributed by atoms with Gasteiger partial charge in [-0.2, -0.15) is 0 Å². The lowest BCUT2D eigenvalue weighted by Gasteiger charge is -2.26. The lowest BCUT2D eigenvalue weighted by Crippen LogP contribution is -2.52. The molecule has 0 bridgehead atoms. The molecule has 0 aromatic heterocycles. The van der Waals surface area contributed by atoms with Gasteiger partial charge in [0.05, 0.1) is 11.4 Å². The molecule has 6 heteroatoms. The van der Waals surface area contributed by atoms with Crippen LogP contribution in [0.25, 0.3) is 0 Å². The molecule has 1 atom stereocenters. The molecule has 1 heterocycles. The largest absolute Gasteiger partial charge is 0.480 e. The second-order valence-electron chi connectivity index (χ2n) is 4.02. The van der Waals surface area contributed by atoms with Crippen molar-refractivity contribution < 1.29 is 14.7 Å². The van der Waals surface area contributed by atoms with Gasteiger partial charge >= 0.3 is 12.0 Å². The number of hydrogen-bond donors (Lipinski definition) is 2. The summed E-state index contributed by atoms with van der Waals surface area (Å²) in [6.45, 7) is 3.37. The molecule has 1 fully saturated rings. The Bertz CT molecular complexity index is 348. The number of rotatable bonds is 2. The van der Waals surface area contributed by atoms with Gasteiger partial charge in [0.15, 0.2) is 0 Å². The second-order valence-corrected chi connectivity index (χ2v) is 5.02. The third kappa shape index (κ3) is 2.83. The van der Waals surface area contributed by atoms with Gasteiger partial charge in [0.1, 0.15) is 6.04 Å². The minimum atomic E-state index is -0.987. The van der Waals surface area contributed by atoms with Crippen LogP contribution in [0.15, 0.2) is 0 Å². The molecule has 1 aliphatic heterocycles. The molecular weight excluding hydrogens is 228 g/mol. The minimum Gasteiger partial charge on any atom is -0.480 e. The maximum absolute atomic E-state index is 11.8. The fourth-order valence-electron chi connectivity index (χ4n) is 1.22. The molecule has 0 spiro atoms. The number of nitrogens with zero attached hydrogens (tertiary/aromatic N) is 1. The van der Waals surface area contributed by atoms with Crippen molar-refractivity contribution in [2.75, 3.05) is 11.6 Å². The van der Waals surface area contributed by atoms with Crippen LogP contribution in [-0.4, -0.2) is 45.2 Å². The van der Waals surface area contributed by atoms with Crippen LogP contribution >= 0.6 is 11.8 Å². The number of nitrogens with one attached hydrogen (secondary N) is 1. The van der Waals surface area contributed by atoms with Gasteiger partial charge in [-0.05, 0) is 13.8 Å². The number of carbonyl (C=O) groups is 2. The number of carbonyl (C=O) groups excluding carboxylic acids is 1. The van der Waals surface area contributed by atoms with E-state index in [9.17, 15) is 9.59 Å². The first-order valence-electron chi connectivity index (χ1n) is 4.74. The molecule has 1 rings (SSSR count). The molecule has 88 valence electrons. The van der Waals surface area contributed by atoms with Crippen molar-refractivity contribution in [1.29, 1.82) is 0 Å². The summed E-state index contributed by atoms with van der Waals surface area (Å²) in [5.74, 6) is 2.23. The Balaban J connectivity index is 2.68. The van der Waals surface area contributed by atoms with E-state index in [0.29, 0.717) is 11.6 Å². The lowest BCUT2D eigenvalue weighted by atomic mass is 10.1. The summed E-state index contributed by atoms with van der Waals surface area (Å²) in [6, 6.07) is -1.20. The molecule has 1 saturated heterocycles. The van der Waals surface area contributed by atoms with Crippen LogP contribution in [0.2, 0.25) is 0 Å². The smallest absolute Gasteiger partial charge is 0.327 e. The Morgan fingerprint density at radius 1 is 1.62 bits per heavy atom. The normalized spacial score (nSPS) is 20.3. The van der Waals surface area contributed by atoms with Crippen molar-refractivity contribution in [3.63, 3.8) is 0 Å². The number of amides is 2. The van der Waals surface area contributed by atoms with E-state index in [2.05, 4.69) is 11.2 Å². The van der Waals surface area contributed by atoms with E-state index in [1.807, 2.05) is 0 Å². The minimum absolute atomic E-state index is 0.378. The SMILES string of the molecule is C#CC(C)(C)NC(=O)N1CSCC1C(=O)O. The van der Waals surface area contributed by atoms with Crippen molar-refractivity contribution in [1.82, 2.24) is 10.2 Å². The van der Waals surface area contributed by atoms with Gasteiger partial charge in [0.2, 0.25) is 0 Å². The molecule has 0 aromatic rings. The standard InChI is InChI=1S/C10H14N2O3S/c1-4-10(2,3)11-9(15)12-6-16-5-7(12)8(13)14/h1,7H,5-6H2,2-3H3,(H,11,15)(H,13,14). The average Bonchev–Trinajstić information content (AvgIpc) is 2.65. The molecular formula is C10H14N2O3S. The highest BCUT2D eigenvalue weighted by atomic mass is 32.2. The van der Waals surface area contributed by atoms with Gasteiger partial charge in [0, 0.05) is 5.75 Å². The van der Waals surface area contributed by atoms with E-state index < -0.39 is 23.6 Å². The highest BCUT2D eigenvalue weighted by molar-refractivity contribution is 7.99. The molecule has 2 N–H and O–H groups in total. The first-order chi connectivity index (χ1) is 7.37.